The van der Waals surface area contributed by atoms with Gasteiger partial charge in [0.05, 0.1) is 11.4 Å². The normalized spacial score (nSPS) is 9.89. The summed E-state index contributed by atoms with van der Waals surface area (Å²) >= 11 is 1.27. The Labute approximate surface area is 111 Å². The van der Waals surface area contributed by atoms with Gasteiger partial charge < -0.3 is 5.32 Å². The second-order valence-electron chi connectivity index (χ2n) is 3.79. The lowest BCUT2D eigenvalue weighted by Gasteiger charge is -2.06. The first-order chi connectivity index (χ1) is 8.58. The Balaban J connectivity index is 2.73. The summed E-state index contributed by atoms with van der Waals surface area (Å²) in [6.07, 6.45) is 0.908. The fourth-order valence-electron chi connectivity index (χ4n) is 1.36. The van der Waals surface area contributed by atoms with Crippen LogP contribution in [0.25, 0.3) is 0 Å². The van der Waals surface area contributed by atoms with Crippen molar-refractivity contribution in [1.82, 2.24) is 15.3 Å². The van der Waals surface area contributed by atoms with Crippen LogP contribution >= 0.6 is 11.8 Å². The molecule has 1 N–H and O–H groups in total. The maximum absolute atomic E-state index is 11.5. The summed E-state index contributed by atoms with van der Waals surface area (Å²) in [6.45, 7) is 6.22. The molecule has 0 aliphatic rings. The highest BCUT2D eigenvalue weighted by Crippen LogP contribution is 2.21. The highest BCUT2D eigenvalue weighted by molar-refractivity contribution is 8.00. The third kappa shape index (κ3) is 4.00. The standard InChI is InChI=1S/C12H16N4OS/c1-4-5-14-11(17)7-18-12-10(6-13)8(2)15-9(3)16-12/h4-5,7H2,1-3H3,(H,14,17). The molecule has 0 aromatic carbocycles. The summed E-state index contributed by atoms with van der Waals surface area (Å²) in [7, 11) is 0. The average molecular weight is 264 g/mol. The number of thioether (sulfide) groups is 1. The van der Waals surface area contributed by atoms with Gasteiger partial charge in [0.1, 0.15) is 22.5 Å². The number of aryl methyl sites for hydroxylation is 2. The van der Waals surface area contributed by atoms with Gasteiger partial charge in [-0.2, -0.15) is 5.26 Å². The first-order valence-electron chi connectivity index (χ1n) is 5.73. The summed E-state index contributed by atoms with van der Waals surface area (Å²) in [4.78, 5) is 19.8. The Morgan fingerprint density at radius 3 is 2.78 bits per heavy atom. The Hall–Kier alpha value is -1.61. The van der Waals surface area contributed by atoms with Crippen molar-refractivity contribution in [2.24, 2.45) is 0 Å². The van der Waals surface area contributed by atoms with Crippen molar-refractivity contribution in [3.63, 3.8) is 0 Å². The van der Waals surface area contributed by atoms with Gasteiger partial charge in [-0.15, -0.1) is 0 Å². The van der Waals surface area contributed by atoms with Crippen LogP contribution in [-0.4, -0.2) is 28.2 Å². The molecule has 1 heterocycles. The molecule has 0 spiro atoms. The van der Waals surface area contributed by atoms with Crippen LogP contribution in [0.3, 0.4) is 0 Å². The molecule has 1 aromatic rings. The minimum atomic E-state index is -0.0420. The minimum absolute atomic E-state index is 0.0420. The quantitative estimate of drug-likeness (QED) is 0.645. The van der Waals surface area contributed by atoms with Crippen LogP contribution in [0.5, 0.6) is 0 Å². The van der Waals surface area contributed by atoms with Crippen LogP contribution in [0, 0.1) is 25.2 Å². The first-order valence-corrected chi connectivity index (χ1v) is 6.71. The molecule has 18 heavy (non-hydrogen) atoms. The summed E-state index contributed by atoms with van der Waals surface area (Å²) in [6, 6.07) is 2.08. The zero-order valence-corrected chi connectivity index (χ0v) is 11.6. The third-order valence-corrected chi connectivity index (χ3v) is 3.17. The largest absolute Gasteiger partial charge is 0.355 e. The Bertz CT molecular complexity index is 482. The van der Waals surface area contributed by atoms with Crippen molar-refractivity contribution in [3.05, 3.63) is 17.1 Å². The van der Waals surface area contributed by atoms with Crippen molar-refractivity contribution in [2.45, 2.75) is 32.2 Å². The lowest BCUT2D eigenvalue weighted by molar-refractivity contribution is -0.118. The SMILES string of the molecule is CCCNC(=O)CSc1nc(C)nc(C)c1C#N. The van der Waals surface area contributed by atoms with Crippen LogP contribution in [0.15, 0.2) is 5.03 Å². The van der Waals surface area contributed by atoms with Gasteiger partial charge in [-0.05, 0) is 20.3 Å². The molecule has 0 aliphatic carbocycles. The van der Waals surface area contributed by atoms with E-state index in [0.717, 1.165) is 6.42 Å². The van der Waals surface area contributed by atoms with Crippen LogP contribution < -0.4 is 5.32 Å². The molecular weight excluding hydrogens is 248 g/mol. The number of hydrogen-bond donors (Lipinski definition) is 1. The third-order valence-electron chi connectivity index (χ3n) is 2.19. The van der Waals surface area contributed by atoms with E-state index in [1.54, 1.807) is 13.8 Å². The number of carbonyl (C=O) groups excluding carboxylic acids is 1. The van der Waals surface area contributed by atoms with E-state index in [1.807, 2.05) is 6.92 Å². The second kappa shape index (κ2) is 6.97. The average Bonchev–Trinajstić information content (AvgIpc) is 2.33. The highest BCUT2D eigenvalue weighted by Gasteiger charge is 2.12. The van der Waals surface area contributed by atoms with Crippen molar-refractivity contribution >= 4 is 17.7 Å². The van der Waals surface area contributed by atoms with Crippen molar-refractivity contribution < 1.29 is 4.79 Å². The van der Waals surface area contributed by atoms with E-state index in [4.69, 9.17) is 5.26 Å². The van der Waals surface area contributed by atoms with E-state index in [1.165, 1.54) is 11.8 Å². The van der Waals surface area contributed by atoms with E-state index in [2.05, 4.69) is 21.4 Å². The summed E-state index contributed by atoms with van der Waals surface area (Å²) in [5, 5.41) is 12.4. The van der Waals surface area contributed by atoms with Gasteiger partial charge >= 0.3 is 0 Å². The number of nitrogens with one attached hydrogen (secondary N) is 1. The predicted molar refractivity (Wildman–Crippen MR) is 70.2 cm³/mol. The Morgan fingerprint density at radius 1 is 1.44 bits per heavy atom. The van der Waals surface area contributed by atoms with Gasteiger partial charge in [0.2, 0.25) is 5.91 Å². The van der Waals surface area contributed by atoms with Gasteiger partial charge in [0.15, 0.2) is 0 Å². The molecule has 0 aliphatic heterocycles. The molecular formula is C12H16N4OS. The molecule has 5 nitrogen and oxygen atoms in total. The number of hydrogen-bond acceptors (Lipinski definition) is 5. The van der Waals surface area contributed by atoms with Crippen LogP contribution in [0.4, 0.5) is 0 Å². The van der Waals surface area contributed by atoms with E-state index in [-0.39, 0.29) is 11.7 Å². The number of nitriles is 1. The smallest absolute Gasteiger partial charge is 0.230 e. The van der Waals surface area contributed by atoms with Gasteiger partial charge in [0, 0.05) is 6.54 Å². The zero-order valence-electron chi connectivity index (χ0n) is 10.8. The molecule has 96 valence electrons. The van der Waals surface area contributed by atoms with Gasteiger partial charge in [0.25, 0.3) is 0 Å². The Morgan fingerprint density at radius 2 is 2.17 bits per heavy atom. The molecule has 0 atom stereocenters. The summed E-state index contributed by atoms with van der Waals surface area (Å²) < 4.78 is 0. The number of aromatic nitrogens is 2. The molecule has 1 amide bonds. The zero-order chi connectivity index (χ0) is 13.5. The number of nitrogens with zero attached hydrogens (tertiary/aromatic N) is 3. The van der Waals surface area contributed by atoms with E-state index in [9.17, 15) is 4.79 Å². The molecule has 0 fully saturated rings. The number of amides is 1. The minimum Gasteiger partial charge on any atom is -0.355 e. The molecule has 0 saturated carbocycles. The van der Waals surface area contributed by atoms with Crippen molar-refractivity contribution in [3.8, 4) is 6.07 Å². The van der Waals surface area contributed by atoms with Crippen molar-refractivity contribution in [2.75, 3.05) is 12.3 Å². The lowest BCUT2D eigenvalue weighted by atomic mass is 10.3. The summed E-state index contributed by atoms with van der Waals surface area (Å²) in [5.41, 5.74) is 1.11. The molecule has 0 unspecified atom stereocenters. The van der Waals surface area contributed by atoms with E-state index >= 15 is 0 Å². The number of carbonyl (C=O) groups is 1. The van der Waals surface area contributed by atoms with E-state index < -0.39 is 0 Å². The number of rotatable bonds is 5. The maximum Gasteiger partial charge on any atom is 0.230 e. The van der Waals surface area contributed by atoms with Crippen molar-refractivity contribution in [1.29, 1.82) is 5.26 Å². The second-order valence-corrected chi connectivity index (χ2v) is 4.75. The monoisotopic (exact) mass is 264 g/mol. The van der Waals surface area contributed by atoms with Crippen LogP contribution in [0.2, 0.25) is 0 Å². The highest BCUT2D eigenvalue weighted by atomic mass is 32.2. The topological polar surface area (TPSA) is 78.7 Å². The van der Waals surface area contributed by atoms with Gasteiger partial charge in [-0.25, -0.2) is 9.97 Å². The van der Waals surface area contributed by atoms with E-state index in [0.29, 0.717) is 28.7 Å². The van der Waals surface area contributed by atoms with Crippen LogP contribution in [-0.2, 0) is 4.79 Å². The fourth-order valence-corrected chi connectivity index (χ4v) is 2.27. The maximum atomic E-state index is 11.5. The molecule has 1 rings (SSSR count). The predicted octanol–water partition coefficient (Wildman–Crippen LogP) is 1.58. The molecule has 0 saturated heterocycles. The lowest BCUT2D eigenvalue weighted by Crippen LogP contribution is -2.25. The van der Waals surface area contributed by atoms with Crippen LogP contribution in [0.1, 0.15) is 30.4 Å². The summed E-state index contributed by atoms with van der Waals surface area (Å²) in [5.74, 6) is 0.840. The molecule has 6 heteroatoms. The fraction of sp³-hybridized carbons (Fsp3) is 0.500. The first kappa shape index (κ1) is 14.5. The van der Waals surface area contributed by atoms with Gasteiger partial charge in [-0.1, -0.05) is 18.7 Å². The molecule has 0 bridgehead atoms. The molecule has 1 aromatic heterocycles. The Kier molecular flexibility index (Phi) is 5.59. The van der Waals surface area contributed by atoms with Gasteiger partial charge in [-0.3, -0.25) is 4.79 Å². The molecule has 0 radical (unpaired) electrons.